The summed E-state index contributed by atoms with van der Waals surface area (Å²) < 4.78 is 0. The molecule has 0 saturated heterocycles. The first kappa shape index (κ1) is 12.4. The number of nitrogens with zero attached hydrogens (tertiary/aromatic N) is 2. The van der Waals surface area contributed by atoms with E-state index >= 15 is 0 Å². The number of pyridine rings is 1. The Morgan fingerprint density at radius 2 is 1.94 bits per heavy atom. The minimum atomic E-state index is 0. The monoisotopic (exact) mass is 260 g/mol. The topological polar surface area (TPSA) is 67.6 Å². The van der Waals surface area contributed by atoms with Gasteiger partial charge in [0.15, 0.2) is 0 Å². The second-order valence-electron chi connectivity index (χ2n) is 4.07. The molecule has 0 radical (unpaired) electrons. The van der Waals surface area contributed by atoms with E-state index in [1.54, 1.807) is 0 Å². The summed E-state index contributed by atoms with van der Waals surface area (Å²) in [5.74, 6) is 0.502. The van der Waals surface area contributed by atoms with E-state index in [4.69, 9.17) is 5.73 Å². The van der Waals surface area contributed by atoms with Gasteiger partial charge in [0.2, 0.25) is 0 Å². The van der Waals surface area contributed by atoms with Gasteiger partial charge in [0, 0.05) is 22.7 Å². The molecule has 3 aromatic rings. The van der Waals surface area contributed by atoms with Gasteiger partial charge in [-0.15, -0.1) is 12.4 Å². The molecule has 0 saturated carbocycles. The van der Waals surface area contributed by atoms with Crippen LogP contribution in [0, 0.1) is 6.92 Å². The Hall–Kier alpha value is -2.07. The van der Waals surface area contributed by atoms with Crippen molar-refractivity contribution in [2.45, 2.75) is 6.92 Å². The molecule has 0 amide bonds. The molecule has 0 spiro atoms. The molecule has 0 bridgehead atoms. The Morgan fingerprint density at radius 1 is 1.11 bits per heavy atom. The fourth-order valence-corrected chi connectivity index (χ4v) is 1.88. The number of aryl methyl sites for hydroxylation is 1. The van der Waals surface area contributed by atoms with Gasteiger partial charge >= 0.3 is 0 Å². The summed E-state index contributed by atoms with van der Waals surface area (Å²) in [7, 11) is 0. The Bertz CT molecular complexity index is 690. The summed E-state index contributed by atoms with van der Waals surface area (Å²) in [6.07, 6.45) is 0. The van der Waals surface area contributed by atoms with Crippen LogP contribution in [-0.2, 0) is 0 Å². The fourth-order valence-electron chi connectivity index (χ4n) is 1.88. The van der Waals surface area contributed by atoms with Gasteiger partial charge in [0.05, 0.1) is 11.2 Å². The van der Waals surface area contributed by atoms with E-state index in [-0.39, 0.29) is 12.4 Å². The van der Waals surface area contributed by atoms with E-state index in [1.807, 2.05) is 31.2 Å². The first-order chi connectivity index (χ1) is 8.22. The highest BCUT2D eigenvalue weighted by Crippen LogP contribution is 2.23. The number of aromatic nitrogens is 3. The lowest BCUT2D eigenvalue weighted by Crippen LogP contribution is -1.84. The molecule has 2 heterocycles. The summed E-state index contributed by atoms with van der Waals surface area (Å²) in [4.78, 5) is 4.47. The smallest absolute Gasteiger partial charge is 0.145 e. The zero-order valence-corrected chi connectivity index (χ0v) is 10.7. The van der Waals surface area contributed by atoms with Gasteiger partial charge in [-0.1, -0.05) is 12.1 Å². The second kappa shape index (κ2) is 4.66. The number of H-pyrrole nitrogens is 1. The number of benzene rings is 1. The second-order valence-corrected chi connectivity index (χ2v) is 4.07. The predicted molar refractivity (Wildman–Crippen MR) is 75.7 cm³/mol. The van der Waals surface area contributed by atoms with Crippen LogP contribution in [0.2, 0.25) is 0 Å². The number of hydrogen-bond acceptors (Lipinski definition) is 3. The van der Waals surface area contributed by atoms with Crippen molar-refractivity contribution in [1.29, 1.82) is 0 Å². The molecule has 0 unspecified atom stereocenters. The molecule has 0 fully saturated rings. The minimum Gasteiger partial charge on any atom is -0.382 e. The third-order valence-electron chi connectivity index (χ3n) is 2.74. The van der Waals surface area contributed by atoms with Crippen molar-refractivity contribution in [1.82, 2.24) is 15.2 Å². The Kier molecular flexibility index (Phi) is 3.21. The lowest BCUT2D eigenvalue weighted by atomic mass is 10.1. The lowest BCUT2D eigenvalue weighted by Gasteiger charge is -2.01. The average molecular weight is 261 g/mol. The summed E-state index contributed by atoms with van der Waals surface area (Å²) in [5.41, 5.74) is 9.60. The summed E-state index contributed by atoms with van der Waals surface area (Å²) in [6, 6.07) is 12.0. The highest BCUT2D eigenvalue weighted by molar-refractivity contribution is 5.85. The van der Waals surface area contributed by atoms with E-state index in [0.717, 1.165) is 27.9 Å². The van der Waals surface area contributed by atoms with Crippen molar-refractivity contribution in [3.8, 4) is 11.3 Å². The normalized spacial score (nSPS) is 10.3. The Morgan fingerprint density at radius 3 is 2.67 bits per heavy atom. The van der Waals surface area contributed by atoms with Crippen molar-refractivity contribution in [3.05, 3.63) is 42.1 Å². The Balaban J connectivity index is 0.00000120. The number of fused-ring (bicyclic) bond motifs is 1. The molecule has 92 valence electrons. The quantitative estimate of drug-likeness (QED) is 0.707. The van der Waals surface area contributed by atoms with Crippen molar-refractivity contribution < 1.29 is 0 Å². The molecule has 3 N–H and O–H groups in total. The van der Waals surface area contributed by atoms with Gasteiger partial charge in [0.1, 0.15) is 5.82 Å². The molecule has 0 aliphatic heterocycles. The molecule has 1 aromatic carbocycles. The standard InChI is InChI=1S/C13H12N4.ClH/c1-8-2-3-9-6-10(4-5-11(9)15-8)12-7-13(14)17-16-12;/h2-7H,1H3,(H3,14,16,17);1H. The molecule has 0 aliphatic carbocycles. The maximum absolute atomic E-state index is 5.59. The molecular formula is C13H13ClN4. The van der Waals surface area contributed by atoms with Crippen molar-refractivity contribution >= 4 is 29.1 Å². The van der Waals surface area contributed by atoms with Crippen LogP contribution in [-0.4, -0.2) is 15.2 Å². The fraction of sp³-hybridized carbons (Fsp3) is 0.0769. The van der Waals surface area contributed by atoms with Crippen LogP contribution in [0.4, 0.5) is 5.82 Å². The van der Waals surface area contributed by atoms with E-state index in [0.29, 0.717) is 5.82 Å². The summed E-state index contributed by atoms with van der Waals surface area (Å²) in [6.45, 7) is 1.99. The van der Waals surface area contributed by atoms with E-state index in [9.17, 15) is 0 Å². The van der Waals surface area contributed by atoms with Crippen LogP contribution in [0.1, 0.15) is 5.69 Å². The number of anilines is 1. The molecule has 5 heteroatoms. The summed E-state index contributed by atoms with van der Waals surface area (Å²) >= 11 is 0. The largest absolute Gasteiger partial charge is 0.382 e. The highest BCUT2D eigenvalue weighted by Gasteiger charge is 2.03. The van der Waals surface area contributed by atoms with E-state index in [1.165, 1.54) is 0 Å². The zero-order valence-electron chi connectivity index (χ0n) is 9.84. The molecule has 0 atom stereocenters. The van der Waals surface area contributed by atoms with Crippen LogP contribution >= 0.6 is 12.4 Å². The van der Waals surface area contributed by atoms with Gasteiger partial charge in [0.25, 0.3) is 0 Å². The lowest BCUT2D eigenvalue weighted by molar-refractivity contribution is 1.10. The number of hydrogen-bond donors (Lipinski definition) is 2. The van der Waals surface area contributed by atoms with Crippen molar-refractivity contribution in [2.24, 2.45) is 0 Å². The minimum absolute atomic E-state index is 0. The molecule has 18 heavy (non-hydrogen) atoms. The third kappa shape index (κ3) is 2.15. The molecule has 0 aliphatic rings. The first-order valence-corrected chi connectivity index (χ1v) is 5.41. The van der Waals surface area contributed by atoms with Crippen molar-refractivity contribution in [3.63, 3.8) is 0 Å². The maximum atomic E-state index is 5.59. The first-order valence-electron chi connectivity index (χ1n) is 5.41. The SMILES string of the molecule is Cc1ccc2cc(-c3cc(N)n[nH]3)ccc2n1.Cl. The highest BCUT2D eigenvalue weighted by atomic mass is 35.5. The number of nitrogen functional groups attached to an aromatic ring is 1. The Labute approximate surface area is 111 Å². The molecule has 2 aromatic heterocycles. The van der Waals surface area contributed by atoms with Gasteiger partial charge < -0.3 is 5.73 Å². The van der Waals surface area contributed by atoms with Gasteiger partial charge in [-0.05, 0) is 25.1 Å². The van der Waals surface area contributed by atoms with E-state index in [2.05, 4.69) is 27.3 Å². The number of aromatic amines is 1. The number of rotatable bonds is 1. The van der Waals surface area contributed by atoms with E-state index < -0.39 is 0 Å². The molecule has 3 rings (SSSR count). The van der Waals surface area contributed by atoms with Crippen LogP contribution in [0.5, 0.6) is 0 Å². The maximum Gasteiger partial charge on any atom is 0.145 e. The van der Waals surface area contributed by atoms with Crippen molar-refractivity contribution in [2.75, 3.05) is 5.73 Å². The van der Waals surface area contributed by atoms with Crippen LogP contribution in [0.25, 0.3) is 22.2 Å². The van der Waals surface area contributed by atoms with Gasteiger partial charge in [-0.25, -0.2) is 0 Å². The van der Waals surface area contributed by atoms with Crippen LogP contribution in [0.15, 0.2) is 36.4 Å². The summed E-state index contributed by atoms with van der Waals surface area (Å²) in [5, 5.41) is 7.94. The van der Waals surface area contributed by atoms with Crippen LogP contribution in [0.3, 0.4) is 0 Å². The van der Waals surface area contributed by atoms with Gasteiger partial charge in [-0.2, -0.15) is 5.10 Å². The number of halogens is 1. The molecular weight excluding hydrogens is 248 g/mol. The molecule has 4 nitrogen and oxygen atoms in total. The third-order valence-corrected chi connectivity index (χ3v) is 2.74. The van der Waals surface area contributed by atoms with Gasteiger partial charge in [-0.3, -0.25) is 10.1 Å². The zero-order chi connectivity index (χ0) is 11.8. The number of nitrogens with one attached hydrogen (secondary N) is 1. The average Bonchev–Trinajstić information content (AvgIpc) is 2.75. The van der Waals surface area contributed by atoms with Crippen LogP contribution < -0.4 is 5.73 Å². The predicted octanol–water partition coefficient (Wildman–Crippen LogP) is 2.94. The number of nitrogens with two attached hydrogens (primary N) is 1.